The molecule has 1 heterocycles. The monoisotopic (exact) mass is 277 g/mol. The molecule has 0 radical (unpaired) electrons. The first kappa shape index (κ1) is 17.0. The van der Waals surface area contributed by atoms with E-state index >= 15 is 0 Å². The fourth-order valence-electron chi connectivity index (χ4n) is 2.62. The average molecular weight is 277 g/mol. The van der Waals surface area contributed by atoms with Gasteiger partial charge in [0, 0.05) is 12.6 Å². The fourth-order valence-corrected chi connectivity index (χ4v) is 2.62. The second kappa shape index (κ2) is 10.7. The van der Waals surface area contributed by atoms with Crippen LogP contribution in [0.5, 0.6) is 0 Å². The first-order valence-electron chi connectivity index (χ1n) is 8.42. The normalized spacial score (nSPS) is 17.7. The second-order valence-electron chi connectivity index (χ2n) is 5.85. The Morgan fingerprint density at radius 3 is 2.15 bits per heavy atom. The van der Waals surface area contributed by atoms with Crippen molar-refractivity contribution >= 4 is 5.91 Å². The summed E-state index contributed by atoms with van der Waals surface area (Å²) in [6, 6.07) is 0.214. The maximum Gasteiger partial charge on any atom is 0.227 e. The van der Waals surface area contributed by atoms with Crippen molar-refractivity contribution in [1.29, 1.82) is 0 Å². The van der Waals surface area contributed by atoms with Gasteiger partial charge in [0.1, 0.15) is 0 Å². The Morgan fingerprint density at radius 1 is 0.950 bits per heavy atom. The van der Waals surface area contributed by atoms with Gasteiger partial charge >= 0.3 is 0 Å². The maximum absolute atomic E-state index is 12.1. The molecule has 1 amide bonds. The van der Waals surface area contributed by atoms with Crippen LogP contribution in [0.4, 0.5) is 0 Å². The highest BCUT2D eigenvalue weighted by Crippen LogP contribution is 2.14. The third-order valence-corrected chi connectivity index (χ3v) is 3.97. The molecule has 0 aromatic heterocycles. The Hall–Kier alpha value is -1.05. The molecule has 2 nitrogen and oxygen atoms in total. The van der Waals surface area contributed by atoms with Crippen LogP contribution in [0.25, 0.3) is 0 Å². The molecule has 0 bridgehead atoms. The average Bonchev–Trinajstić information content (AvgIpc) is 2.46. The zero-order valence-electron chi connectivity index (χ0n) is 13.3. The smallest absolute Gasteiger partial charge is 0.227 e. The Labute approximate surface area is 124 Å². The second-order valence-corrected chi connectivity index (χ2v) is 5.85. The van der Waals surface area contributed by atoms with Crippen LogP contribution >= 0.6 is 0 Å². The molecular formula is C18H31NO. The van der Waals surface area contributed by atoms with Gasteiger partial charge in [-0.1, -0.05) is 70.4 Å². The molecule has 0 saturated carbocycles. The molecule has 0 fully saturated rings. The lowest BCUT2D eigenvalue weighted by Crippen LogP contribution is -2.33. The minimum absolute atomic E-state index is 0.214. The van der Waals surface area contributed by atoms with Crippen LogP contribution in [0.2, 0.25) is 0 Å². The van der Waals surface area contributed by atoms with E-state index in [0.29, 0.717) is 6.42 Å². The summed E-state index contributed by atoms with van der Waals surface area (Å²) in [6.07, 6.45) is 20.3. The summed E-state index contributed by atoms with van der Waals surface area (Å²) in [6.45, 7) is 4.32. The molecular weight excluding hydrogens is 246 g/mol. The van der Waals surface area contributed by atoms with E-state index in [1.165, 1.54) is 51.4 Å². The van der Waals surface area contributed by atoms with Gasteiger partial charge in [-0.3, -0.25) is 4.79 Å². The van der Waals surface area contributed by atoms with Gasteiger partial charge in [0.25, 0.3) is 0 Å². The highest BCUT2D eigenvalue weighted by Gasteiger charge is 2.16. The number of allylic oxidation sites excluding steroid dienone is 2. The lowest BCUT2D eigenvalue weighted by Gasteiger charge is -2.25. The van der Waals surface area contributed by atoms with Crippen LogP contribution < -0.4 is 0 Å². The number of unbranched alkanes of at least 4 members (excludes halogenated alkanes) is 8. The number of hydrogen-bond donors (Lipinski definition) is 0. The van der Waals surface area contributed by atoms with Crippen LogP contribution in [0, 0.1) is 0 Å². The standard InChI is InChI=1S/C18H31NO/c1-3-4-5-6-7-8-9-10-11-15-18(20)19-16-13-12-14-17(19)2/h12-14,16-17H,3-11,15H2,1-2H3. The van der Waals surface area contributed by atoms with Crippen molar-refractivity contribution in [2.45, 2.75) is 84.1 Å². The van der Waals surface area contributed by atoms with E-state index in [1.807, 2.05) is 23.3 Å². The lowest BCUT2D eigenvalue weighted by molar-refractivity contribution is -0.129. The van der Waals surface area contributed by atoms with Crippen molar-refractivity contribution in [3.05, 3.63) is 24.4 Å². The Balaban J connectivity index is 1.97. The summed E-state index contributed by atoms with van der Waals surface area (Å²) in [7, 11) is 0. The topological polar surface area (TPSA) is 20.3 Å². The predicted molar refractivity (Wildman–Crippen MR) is 86.4 cm³/mol. The van der Waals surface area contributed by atoms with Crippen molar-refractivity contribution in [3.63, 3.8) is 0 Å². The largest absolute Gasteiger partial charge is 0.312 e. The molecule has 0 spiro atoms. The summed E-state index contributed by atoms with van der Waals surface area (Å²) >= 11 is 0. The number of carbonyl (C=O) groups is 1. The van der Waals surface area contributed by atoms with Crippen LogP contribution in [0.15, 0.2) is 24.4 Å². The van der Waals surface area contributed by atoms with E-state index in [4.69, 9.17) is 0 Å². The van der Waals surface area contributed by atoms with Gasteiger partial charge < -0.3 is 4.90 Å². The number of rotatable bonds is 10. The number of nitrogens with zero attached hydrogens (tertiary/aromatic N) is 1. The van der Waals surface area contributed by atoms with Gasteiger partial charge in [-0.25, -0.2) is 0 Å². The molecule has 0 saturated heterocycles. The summed E-state index contributed by atoms with van der Waals surface area (Å²) in [5, 5.41) is 0. The Morgan fingerprint density at radius 2 is 1.55 bits per heavy atom. The van der Waals surface area contributed by atoms with Crippen molar-refractivity contribution in [1.82, 2.24) is 4.90 Å². The molecule has 1 aliphatic rings. The fraction of sp³-hybridized carbons (Fsp3) is 0.722. The molecule has 0 N–H and O–H groups in total. The number of amides is 1. The zero-order chi connectivity index (χ0) is 14.6. The van der Waals surface area contributed by atoms with E-state index in [9.17, 15) is 4.79 Å². The van der Waals surface area contributed by atoms with E-state index in [2.05, 4.69) is 19.9 Å². The van der Waals surface area contributed by atoms with Crippen LogP contribution in [0.3, 0.4) is 0 Å². The molecule has 1 aliphatic heterocycles. The van der Waals surface area contributed by atoms with Crippen molar-refractivity contribution in [2.24, 2.45) is 0 Å². The molecule has 1 rings (SSSR count). The Bertz CT molecular complexity index is 319. The van der Waals surface area contributed by atoms with E-state index in [-0.39, 0.29) is 11.9 Å². The summed E-state index contributed by atoms with van der Waals surface area (Å²) < 4.78 is 0. The van der Waals surface area contributed by atoms with Crippen LogP contribution in [-0.4, -0.2) is 16.8 Å². The lowest BCUT2D eigenvalue weighted by atomic mass is 10.1. The molecule has 0 aromatic carbocycles. The van der Waals surface area contributed by atoms with E-state index in [1.54, 1.807) is 0 Å². The van der Waals surface area contributed by atoms with Crippen LogP contribution in [-0.2, 0) is 4.79 Å². The third kappa shape index (κ3) is 6.93. The molecule has 0 aromatic rings. The summed E-state index contributed by atoms with van der Waals surface area (Å²) in [4.78, 5) is 13.9. The zero-order valence-corrected chi connectivity index (χ0v) is 13.3. The maximum atomic E-state index is 12.1. The number of hydrogen-bond acceptors (Lipinski definition) is 1. The Kier molecular flexibility index (Phi) is 9.10. The molecule has 1 atom stereocenters. The van der Waals surface area contributed by atoms with Gasteiger partial charge in [-0.15, -0.1) is 0 Å². The van der Waals surface area contributed by atoms with Gasteiger partial charge in [-0.05, 0) is 19.4 Å². The highest BCUT2D eigenvalue weighted by atomic mass is 16.2. The van der Waals surface area contributed by atoms with Gasteiger partial charge in [-0.2, -0.15) is 0 Å². The van der Waals surface area contributed by atoms with Crippen LogP contribution in [0.1, 0.15) is 78.1 Å². The van der Waals surface area contributed by atoms with Crippen molar-refractivity contribution in [3.8, 4) is 0 Å². The first-order valence-corrected chi connectivity index (χ1v) is 8.42. The molecule has 1 unspecified atom stereocenters. The van der Waals surface area contributed by atoms with Crippen molar-refractivity contribution < 1.29 is 4.79 Å². The third-order valence-electron chi connectivity index (χ3n) is 3.97. The first-order chi connectivity index (χ1) is 9.75. The van der Waals surface area contributed by atoms with Gasteiger partial charge in [0.2, 0.25) is 5.91 Å². The summed E-state index contributed by atoms with van der Waals surface area (Å²) in [5.41, 5.74) is 0. The predicted octanol–water partition coefficient (Wildman–Crippen LogP) is 5.21. The summed E-state index contributed by atoms with van der Waals surface area (Å²) in [5.74, 6) is 0.265. The minimum atomic E-state index is 0.214. The molecule has 2 heteroatoms. The molecule has 20 heavy (non-hydrogen) atoms. The molecule has 114 valence electrons. The molecule has 0 aliphatic carbocycles. The highest BCUT2D eigenvalue weighted by molar-refractivity contribution is 5.78. The number of carbonyl (C=O) groups excluding carboxylic acids is 1. The SMILES string of the molecule is CCCCCCCCCCCC(=O)N1C=CC=CC1C. The quantitative estimate of drug-likeness (QED) is 0.502. The van der Waals surface area contributed by atoms with Crippen molar-refractivity contribution in [2.75, 3.05) is 0 Å². The van der Waals surface area contributed by atoms with Gasteiger partial charge in [0.05, 0.1) is 6.04 Å². The van der Waals surface area contributed by atoms with E-state index < -0.39 is 0 Å². The van der Waals surface area contributed by atoms with E-state index in [0.717, 1.165) is 6.42 Å². The van der Waals surface area contributed by atoms with Gasteiger partial charge in [0.15, 0.2) is 0 Å². The minimum Gasteiger partial charge on any atom is -0.312 e.